The fraction of sp³-hybridized carbons (Fsp3) is 0.476. The molecule has 29 heavy (non-hydrogen) atoms. The van der Waals surface area contributed by atoms with Crippen LogP contribution in [-0.2, 0) is 21.4 Å². The molecule has 1 aromatic carbocycles. The van der Waals surface area contributed by atoms with E-state index in [1.807, 2.05) is 18.4 Å². The first-order valence-electron chi connectivity index (χ1n) is 10.1. The molecule has 1 amide bonds. The molecular formula is C21H29N3O3S2. The van der Waals surface area contributed by atoms with Crippen LogP contribution in [0.2, 0.25) is 0 Å². The van der Waals surface area contributed by atoms with E-state index in [9.17, 15) is 13.2 Å². The Morgan fingerprint density at radius 1 is 1.10 bits per heavy atom. The van der Waals surface area contributed by atoms with Crippen molar-refractivity contribution in [2.45, 2.75) is 44.0 Å². The Morgan fingerprint density at radius 3 is 2.38 bits per heavy atom. The number of hydrogen-bond donors (Lipinski definition) is 1. The highest BCUT2D eigenvalue weighted by Crippen LogP contribution is 2.22. The van der Waals surface area contributed by atoms with Crippen LogP contribution in [0.15, 0.2) is 46.7 Å². The van der Waals surface area contributed by atoms with Crippen molar-refractivity contribution in [1.82, 2.24) is 9.21 Å². The monoisotopic (exact) mass is 435 g/mol. The lowest BCUT2D eigenvalue weighted by atomic mass is 10.2. The molecule has 1 saturated heterocycles. The van der Waals surface area contributed by atoms with Crippen LogP contribution >= 0.6 is 11.3 Å². The highest BCUT2D eigenvalue weighted by atomic mass is 32.2. The van der Waals surface area contributed by atoms with Crippen LogP contribution in [0.3, 0.4) is 0 Å². The molecule has 2 heterocycles. The fourth-order valence-electron chi connectivity index (χ4n) is 3.45. The standard InChI is InChI=1S/C21H29N3O3S2/c1-2-23(16-19-8-7-15-28-19)17-21(25)22-18-9-11-20(12-10-18)29(26,27)24-13-5-3-4-6-14-24/h7-12,15H,2-6,13-14,16-17H2,1H3,(H,22,25). The molecule has 0 saturated carbocycles. The average molecular weight is 436 g/mol. The fourth-order valence-corrected chi connectivity index (χ4v) is 5.71. The Morgan fingerprint density at radius 2 is 1.79 bits per heavy atom. The van der Waals surface area contributed by atoms with Gasteiger partial charge >= 0.3 is 0 Å². The van der Waals surface area contributed by atoms with Crippen molar-refractivity contribution in [2.75, 3.05) is 31.5 Å². The number of rotatable bonds is 8. The van der Waals surface area contributed by atoms with Crippen molar-refractivity contribution >= 4 is 33.0 Å². The molecule has 0 atom stereocenters. The van der Waals surface area contributed by atoms with Crippen molar-refractivity contribution in [1.29, 1.82) is 0 Å². The number of sulfonamides is 1. The highest BCUT2D eigenvalue weighted by molar-refractivity contribution is 7.89. The molecule has 0 radical (unpaired) electrons. The Kier molecular flexibility index (Phi) is 7.83. The van der Waals surface area contributed by atoms with E-state index in [0.717, 1.165) is 38.8 Å². The van der Waals surface area contributed by atoms with Crippen LogP contribution in [0.25, 0.3) is 0 Å². The normalized spacial score (nSPS) is 15.9. The molecule has 2 aromatic rings. The lowest BCUT2D eigenvalue weighted by Crippen LogP contribution is -2.32. The van der Waals surface area contributed by atoms with Gasteiger partial charge < -0.3 is 5.32 Å². The Hall–Kier alpha value is -1.74. The maximum atomic E-state index is 12.8. The maximum Gasteiger partial charge on any atom is 0.243 e. The van der Waals surface area contributed by atoms with E-state index in [-0.39, 0.29) is 10.8 Å². The largest absolute Gasteiger partial charge is 0.325 e. The van der Waals surface area contributed by atoms with Crippen molar-refractivity contribution in [2.24, 2.45) is 0 Å². The number of carbonyl (C=O) groups excluding carboxylic acids is 1. The first kappa shape index (κ1) is 22.0. The summed E-state index contributed by atoms with van der Waals surface area (Å²) >= 11 is 1.68. The predicted octanol–water partition coefficient (Wildman–Crippen LogP) is 3.77. The number of anilines is 1. The summed E-state index contributed by atoms with van der Waals surface area (Å²) < 4.78 is 27.3. The summed E-state index contributed by atoms with van der Waals surface area (Å²) in [5.74, 6) is -0.105. The van der Waals surface area contributed by atoms with Gasteiger partial charge in [-0.2, -0.15) is 4.31 Å². The van der Waals surface area contributed by atoms with E-state index >= 15 is 0 Å². The minimum atomic E-state index is -3.47. The van der Waals surface area contributed by atoms with Crippen molar-refractivity contribution in [3.63, 3.8) is 0 Å². The van der Waals surface area contributed by atoms with Gasteiger partial charge in [-0.3, -0.25) is 9.69 Å². The Balaban J connectivity index is 1.58. The third-order valence-electron chi connectivity index (χ3n) is 5.11. The first-order chi connectivity index (χ1) is 14.0. The third-order valence-corrected chi connectivity index (χ3v) is 7.89. The molecule has 1 aliphatic rings. The minimum absolute atomic E-state index is 0.105. The van der Waals surface area contributed by atoms with Gasteiger partial charge in [0, 0.05) is 30.2 Å². The number of likely N-dealkylation sites (N-methyl/N-ethyl adjacent to an activating group) is 1. The van der Waals surface area contributed by atoms with Gasteiger partial charge in [0.25, 0.3) is 0 Å². The Labute approximate surface area is 177 Å². The van der Waals surface area contributed by atoms with E-state index in [1.165, 1.54) is 4.88 Å². The summed E-state index contributed by atoms with van der Waals surface area (Å²) in [4.78, 5) is 16.0. The number of nitrogens with one attached hydrogen (secondary N) is 1. The van der Waals surface area contributed by atoms with Crippen molar-refractivity contribution in [3.05, 3.63) is 46.7 Å². The van der Waals surface area contributed by atoms with E-state index < -0.39 is 10.0 Å². The second-order valence-corrected chi connectivity index (χ2v) is 10.2. The number of thiophene rings is 1. The lowest BCUT2D eigenvalue weighted by molar-refractivity contribution is -0.117. The molecule has 1 aliphatic heterocycles. The highest BCUT2D eigenvalue weighted by Gasteiger charge is 2.25. The molecule has 0 aliphatic carbocycles. The van der Waals surface area contributed by atoms with Crippen LogP contribution < -0.4 is 5.32 Å². The van der Waals surface area contributed by atoms with Gasteiger partial charge in [-0.05, 0) is 55.1 Å². The van der Waals surface area contributed by atoms with Gasteiger partial charge in [0.15, 0.2) is 0 Å². The maximum absolute atomic E-state index is 12.8. The molecular weight excluding hydrogens is 406 g/mol. The molecule has 0 bridgehead atoms. The molecule has 158 valence electrons. The van der Waals surface area contributed by atoms with E-state index in [4.69, 9.17) is 0 Å². The van der Waals surface area contributed by atoms with Crippen LogP contribution in [0.1, 0.15) is 37.5 Å². The molecule has 8 heteroatoms. The topological polar surface area (TPSA) is 69.7 Å². The molecule has 0 spiro atoms. The second-order valence-electron chi connectivity index (χ2n) is 7.27. The predicted molar refractivity (Wildman–Crippen MR) is 118 cm³/mol. The smallest absolute Gasteiger partial charge is 0.243 e. The number of nitrogens with zero attached hydrogens (tertiary/aromatic N) is 2. The minimum Gasteiger partial charge on any atom is -0.325 e. The van der Waals surface area contributed by atoms with E-state index in [0.29, 0.717) is 25.3 Å². The number of amides is 1. The zero-order chi connectivity index (χ0) is 20.7. The molecule has 1 N–H and O–H groups in total. The van der Waals surface area contributed by atoms with E-state index in [2.05, 4.69) is 16.3 Å². The summed E-state index contributed by atoms with van der Waals surface area (Å²) in [5, 5.41) is 4.90. The summed E-state index contributed by atoms with van der Waals surface area (Å²) in [7, 11) is -3.47. The third kappa shape index (κ3) is 6.12. The van der Waals surface area contributed by atoms with Gasteiger partial charge in [-0.1, -0.05) is 25.8 Å². The lowest BCUT2D eigenvalue weighted by Gasteiger charge is -2.20. The van der Waals surface area contributed by atoms with Crippen molar-refractivity contribution in [3.8, 4) is 0 Å². The molecule has 1 fully saturated rings. The summed E-state index contributed by atoms with van der Waals surface area (Å²) in [5.41, 5.74) is 0.608. The van der Waals surface area contributed by atoms with Crippen LogP contribution in [0, 0.1) is 0 Å². The summed E-state index contributed by atoms with van der Waals surface area (Å²) in [6.45, 7) is 5.01. The second kappa shape index (κ2) is 10.3. The molecule has 3 rings (SSSR count). The number of hydrogen-bond acceptors (Lipinski definition) is 5. The van der Waals surface area contributed by atoms with E-state index in [1.54, 1.807) is 39.9 Å². The van der Waals surface area contributed by atoms with Gasteiger partial charge in [0.2, 0.25) is 15.9 Å². The summed E-state index contributed by atoms with van der Waals surface area (Å²) in [6.07, 6.45) is 3.98. The van der Waals surface area contributed by atoms with Crippen LogP contribution in [0.4, 0.5) is 5.69 Å². The first-order valence-corrected chi connectivity index (χ1v) is 12.5. The SMILES string of the molecule is CCN(CC(=O)Nc1ccc(S(=O)(=O)N2CCCCCC2)cc1)Cc1cccs1. The molecule has 6 nitrogen and oxygen atoms in total. The van der Waals surface area contributed by atoms with Crippen LogP contribution in [-0.4, -0.2) is 49.7 Å². The number of carbonyl (C=O) groups is 1. The Bertz CT molecular complexity index is 872. The van der Waals surface area contributed by atoms with Crippen molar-refractivity contribution < 1.29 is 13.2 Å². The number of benzene rings is 1. The van der Waals surface area contributed by atoms with Crippen LogP contribution in [0.5, 0.6) is 0 Å². The van der Waals surface area contributed by atoms with Gasteiger partial charge in [0.1, 0.15) is 0 Å². The molecule has 0 unspecified atom stereocenters. The zero-order valence-corrected chi connectivity index (χ0v) is 18.5. The van der Waals surface area contributed by atoms with Gasteiger partial charge in [-0.15, -0.1) is 11.3 Å². The summed E-state index contributed by atoms with van der Waals surface area (Å²) in [6, 6.07) is 10.6. The zero-order valence-electron chi connectivity index (χ0n) is 16.8. The van der Waals surface area contributed by atoms with Gasteiger partial charge in [0.05, 0.1) is 11.4 Å². The van der Waals surface area contributed by atoms with Gasteiger partial charge in [-0.25, -0.2) is 8.42 Å². The average Bonchev–Trinajstić information content (AvgIpc) is 3.06. The molecule has 1 aromatic heterocycles. The quantitative estimate of drug-likeness (QED) is 0.685.